The van der Waals surface area contributed by atoms with E-state index in [9.17, 15) is 9.59 Å². The number of hydrogen-bond donors (Lipinski definition) is 0. The van der Waals surface area contributed by atoms with E-state index < -0.39 is 5.54 Å². The van der Waals surface area contributed by atoms with E-state index in [1.54, 1.807) is 7.11 Å². The van der Waals surface area contributed by atoms with Gasteiger partial charge in [0.15, 0.2) is 0 Å². The molecule has 0 saturated carbocycles. The average molecular weight is 454 g/mol. The van der Waals surface area contributed by atoms with Gasteiger partial charge < -0.3 is 9.64 Å². The summed E-state index contributed by atoms with van der Waals surface area (Å²) < 4.78 is 7.13. The fourth-order valence-electron chi connectivity index (χ4n) is 4.95. The predicted molar refractivity (Wildman–Crippen MR) is 126 cm³/mol. The molecule has 8 heteroatoms. The van der Waals surface area contributed by atoms with Crippen LogP contribution in [0.1, 0.15) is 44.2 Å². The van der Waals surface area contributed by atoms with Crippen molar-refractivity contribution in [3.8, 4) is 5.75 Å². The molecule has 0 unspecified atom stereocenters. The Kier molecular flexibility index (Phi) is 6.74. The number of hydrogen-bond acceptors (Lipinski definition) is 5. The van der Waals surface area contributed by atoms with Crippen LogP contribution in [0.3, 0.4) is 0 Å². The van der Waals surface area contributed by atoms with Gasteiger partial charge in [0, 0.05) is 45.0 Å². The molecule has 2 aromatic rings. The number of nitrogens with zero attached hydrogens (tertiary/aromatic N) is 5. The zero-order valence-corrected chi connectivity index (χ0v) is 20.2. The van der Waals surface area contributed by atoms with Crippen LogP contribution in [0.5, 0.6) is 5.75 Å². The molecule has 0 N–H and O–H groups in total. The van der Waals surface area contributed by atoms with Gasteiger partial charge in [-0.1, -0.05) is 26.0 Å². The van der Waals surface area contributed by atoms with Crippen LogP contribution in [0, 0.1) is 5.92 Å². The largest absolute Gasteiger partial charge is 0.497 e. The van der Waals surface area contributed by atoms with E-state index >= 15 is 0 Å². The summed E-state index contributed by atoms with van der Waals surface area (Å²) in [6, 6.07) is 7.42. The van der Waals surface area contributed by atoms with Crippen molar-refractivity contribution >= 4 is 11.9 Å². The molecule has 33 heavy (non-hydrogen) atoms. The van der Waals surface area contributed by atoms with Crippen molar-refractivity contribution in [3.05, 3.63) is 47.8 Å². The highest BCUT2D eigenvalue weighted by atomic mass is 16.5. The molecule has 0 atom stereocenters. The SMILES string of the molecule is COc1cccc(CN2C(=O)N(CCC(C)C)C3(CCN(Cc4cnn(C)c4)CC3)C2=O)c1. The molecular weight excluding hydrogens is 418 g/mol. The molecule has 2 fully saturated rings. The lowest BCUT2D eigenvalue weighted by Gasteiger charge is -2.42. The maximum absolute atomic E-state index is 13.8. The molecule has 2 aliphatic rings. The number of likely N-dealkylation sites (tertiary alicyclic amines) is 1. The Morgan fingerprint density at radius 1 is 1.12 bits per heavy atom. The number of carbonyl (C=O) groups excluding carboxylic acids is 2. The van der Waals surface area contributed by atoms with E-state index in [2.05, 4.69) is 23.8 Å². The van der Waals surface area contributed by atoms with Crippen LogP contribution in [0.2, 0.25) is 0 Å². The van der Waals surface area contributed by atoms with Crippen molar-refractivity contribution in [3.63, 3.8) is 0 Å². The van der Waals surface area contributed by atoms with Gasteiger partial charge in [-0.2, -0.15) is 5.10 Å². The van der Waals surface area contributed by atoms with Crippen LogP contribution in [0.15, 0.2) is 36.7 Å². The number of ether oxygens (including phenoxy) is 1. The summed E-state index contributed by atoms with van der Waals surface area (Å²) in [5.74, 6) is 1.13. The number of urea groups is 1. The van der Waals surface area contributed by atoms with E-state index in [4.69, 9.17) is 4.74 Å². The van der Waals surface area contributed by atoms with Crippen LogP contribution in [-0.4, -0.2) is 68.7 Å². The highest BCUT2D eigenvalue weighted by molar-refractivity contribution is 6.07. The van der Waals surface area contributed by atoms with Crippen LogP contribution in [0.4, 0.5) is 4.79 Å². The number of imide groups is 1. The summed E-state index contributed by atoms with van der Waals surface area (Å²) >= 11 is 0. The Bertz CT molecular complexity index is 993. The third-order valence-corrected chi connectivity index (χ3v) is 6.87. The van der Waals surface area contributed by atoms with Gasteiger partial charge in [-0.05, 0) is 42.9 Å². The number of methoxy groups -OCH3 is 1. The molecule has 3 amide bonds. The maximum Gasteiger partial charge on any atom is 0.327 e. The quantitative estimate of drug-likeness (QED) is 0.574. The number of aromatic nitrogens is 2. The lowest BCUT2D eigenvalue weighted by atomic mass is 9.85. The Balaban J connectivity index is 1.52. The molecular formula is C25H35N5O3. The number of carbonyl (C=O) groups is 2. The summed E-state index contributed by atoms with van der Waals surface area (Å²) in [5.41, 5.74) is 1.32. The number of aryl methyl sites for hydroxylation is 1. The minimum absolute atomic E-state index is 0.0555. The van der Waals surface area contributed by atoms with Crippen molar-refractivity contribution < 1.29 is 14.3 Å². The molecule has 3 heterocycles. The van der Waals surface area contributed by atoms with Crippen LogP contribution >= 0.6 is 0 Å². The third kappa shape index (κ3) is 4.76. The zero-order valence-electron chi connectivity index (χ0n) is 20.2. The lowest BCUT2D eigenvalue weighted by Crippen LogP contribution is -2.56. The fraction of sp³-hybridized carbons (Fsp3) is 0.560. The fourth-order valence-corrected chi connectivity index (χ4v) is 4.95. The molecule has 0 aliphatic carbocycles. The topological polar surface area (TPSA) is 70.9 Å². The van der Waals surface area contributed by atoms with Crippen molar-refractivity contribution in [2.75, 3.05) is 26.7 Å². The molecule has 1 spiro atoms. The van der Waals surface area contributed by atoms with Gasteiger partial charge in [0.25, 0.3) is 5.91 Å². The first kappa shape index (κ1) is 23.3. The molecule has 178 valence electrons. The van der Waals surface area contributed by atoms with E-state index in [1.807, 2.05) is 53.3 Å². The highest BCUT2D eigenvalue weighted by Gasteiger charge is 2.57. The van der Waals surface area contributed by atoms with Crippen molar-refractivity contribution in [2.24, 2.45) is 13.0 Å². The molecule has 1 aromatic heterocycles. The Morgan fingerprint density at radius 3 is 2.52 bits per heavy atom. The number of rotatable bonds is 8. The average Bonchev–Trinajstić information content (AvgIpc) is 3.29. The van der Waals surface area contributed by atoms with E-state index in [1.165, 1.54) is 10.5 Å². The monoisotopic (exact) mass is 453 g/mol. The second-order valence-corrected chi connectivity index (χ2v) is 9.69. The van der Waals surface area contributed by atoms with Crippen molar-refractivity contribution in [2.45, 2.75) is 51.7 Å². The molecule has 1 aromatic carbocycles. The van der Waals surface area contributed by atoms with E-state index in [0.29, 0.717) is 25.3 Å². The van der Waals surface area contributed by atoms with E-state index in [-0.39, 0.29) is 18.5 Å². The maximum atomic E-state index is 13.8. The second-order valence-electron chi connectivity index (χ2n) is 9.69. The minimum Gasteiger partial charge on any atom is -0.497 e. The summed E-state index contributed by atoms with van der Waals surface area (Å²) in [6.07, 6.45) is 6.11. The summed E-state index contributed by atoms with van der Waals surface area (Å²) in [5, 5.41) is 4.26. The smallest absolute Gasteiger partial charge is 0.327 e. The summed E-state index contributed by atoms with van der Waals surface area (Å²) in [7, 11) is 3.54. The molecule has 2 saturated heterocycles. The Hall–Kier alpha value is -2.87. The lowest BCUT2D eigenvalue weighted by molar-refractivity contribution is -0.136. The number of amides is 3. The Labute approximate surface area is 196 Å². The molecule has 0 bridgehead atoms. The van der Waals surface area contributed by atoms with Crippen LogP contribution in [0.25, 0.3) is 0 Å². The number of piperidine rings is 1. The minimum atomic E-state index is -0.740. The summed E-state index contributed by atoms with van der Waals surface area (Å²) in [6.45, 7) is 7.55. The second kappa shape index (κ2) is 9.55. The molecule has 2 aliphatic heterocycles. The van der Waals surface area contributed by atoms with Gasteiger partial charge in [0.2, 0.25) is 0 Å². The van der Waals surface area contributed by atoms with Crippen LogP contribution in [-0.2, 0) is 24.9 Å². The van der Waals surface area contributed by atoms with E-state index in [0.717, 1.165) is 37.4 Å². The standard InChI is InChI=1S/C25H35N5O3/c1-19(2)8-11-30-24(32)29(18-20-6-5-7-22(14-20)33-4)23(31)25(30)9-12-28(13-10-25)17-21-15-26-27(3)16-21/h5-7,14-16,19H,8-13,17-18H2,1-4H3. The molecule has 8 nitrogen and oxygen atoms in total. The predicted octanol–water partition coefficient (Wildman–Crippen LogP) is 3.27. The first-order chi connectivity index (χ1) is 15.8. The van der Waals surface area contributed by atoms with Crippen LogP contribution < -0.4 is 4.74 Å². The third-order valence-electron chi connectivity index (χ3n) is 6.87. The van der Waals surface area contributed by atoms with Crippen molar-refractivity contribution in [1.82, 2.24) is 24.5 Å². The molecule has 4 rings (SSSR count). The van der Waals surface area contributed by atoms with Gasteiger partial charge in [-0.3, -0.25) is 19.3 Å². The molecule has 0 radical (unpaired) electrons. The summed E-state index contributed by atoms with van der Waals surface area (Å²) in [4.78, 5) is 33.0. The van der Waals surface area contributed by atoms with Crippen molar-refractivity contribution in [1.29, 1.82) is 0 Å². The first-order valence-electron chi connectivity index (χ1n) is 11.8. The van der Waals surface area contributed by atoms with Gasteiger partial charge in [0.1, 0.15) is 11.3 Å². The van der Waals surface area contributed by atoms with Gasteiger partial charge in [-0.25, -0.2) is 4.79 Å². The zero-order chi connectivity index (χ0) is 23.6. The first-order valence-corrected chi connectivity index (χ1v) is 11.8. The highest BCUT2D eigenvalue weighted by Crippen LogP contribution is 2.39. The number of benzene rings is 1. The van der Waals surface area contributed by atoms with Gasteiger partial charge >= 0.3 is 6.03 Å². The normalized spacial score (nSPS) is 18.7. The Morgan fingerprint density at radius 2 is 1.88 bits per heavy atom. The van der Waals surface area contributed by atoms with Gasteiger partial charge in [-0.15, -0.1) is 0 Å². The van der Waals surface area contributed by atoms with Gasteiger partial charge in [0.05, 0.1) is 19.9 Å².